The number of rotatable bonds is 15. The van der Waals surface area contributed by atoms with Gasteiger partial charge in [0, 0.05) is 12.0 Å². The highest BCUT2D eigenvalue weighted by Crippen LogP contribution is 2.32. The molecule has 314 valence electrons. The molecule has 57 heavy (non-hydrogen) atoms. The van der Waals surface area contributed by atoms with Crippen molar-refractivity contribution in [2.45, 2.75) is 58.7 Å². The highest BCUT2D eigenvalue weighted by molar-refractivity contribution is 5.69. The molecule has 3 aromatic rings. The number of likely N-dealkylation sites (tertiary alicyclic amines) is 1. The first-order chi connectivity index (χ1) is 26.6. The molecule has 0 amide bonds. The van der Waals surface area contributed by atoms with Crippen LogP contribution in [-0.4, -0.2) is 67.7 Å². The monoisotopic (exact) mass is 840 g/mol. The number of esters is 1. The van der Waals surface area contributed by atoms with Gasteiger partial charge in [0.05, 0.1) is 49.8 Å². The number of hydrogen-bond acceptors (Lipinski definition) is 5. The van der Waals surface area contributed by atoms with Crippen LogP contribution in [0.5, 0.6) is 0 Å². The van der Waals surface area contributed by atoms with E-state index in [0.717, 1.165) is 13.5 Å². The summed E-state index contributed by atoms with van der Waals surface area (Å²) in [4.78, 5) is 24.5. The maximum atomic E-state index is 14.8. The van der Waals surface area contributed by atoms with E-state index in [9.17, 15) is 71.1 Å². The predicted molar refractivity (Wildman–Crippen MR) is 167 cm³/mol. The molecule has 0 spiro atoms. The van der Waals surface area contributed by atoms with Gasteiger partial charge in [-0.05, 0) is 26.2 Å². The highest BCUT2D eigenvalue weighted by Gasteiger charge is 2.37. The maximum Gasteiger partial charge on any atom is 0.511 e. The molecule has 3 aromatic carbocycles. The molecule has 1 aliphatic heterocycles. The Bertz CT molecular complexity index is 1870. The standard InChI is InChI=1S/C36H34F14N2O5/c1-17-22(37)24(39)18(25(40)23(17)38)13-51(2,14-19-26(41)30(45)34(49)31(46)27(19)42)11-12-55-36(54)57-16-56-21(53)7-6-10-52(8-4-3-5-9-52)15-20-28(43)32(47)35(50)33(48)29(20)44/h3-16H2,1-2H3/q+2. The Kier molecular flexibility index (Phi) is 14.5. The van der Waals surface area contributed by atoms with Crippen LogP contribution in [0.25, 0.3) is 0 Å². The molecule has 1 atom stereocenters. The Morgan fingerprint density at radius 1 is 0.561 bits per heavy atom. The average molecular weight is 841 g/mol. The van der Waals surface area contributed by atoms with Gasteiger partial charge in [-0.25, -0.2) is 66.3 Å². The minimum Gasteiger partial charge on any atom is -0.428 e. The number of carbonyl (C=O) groups excluding carboxylic acids is 2. The van der Waals surface area contributed by atoms with E-state index in [-0.39, 0.29) is 23.9 Å². The van der Waals surface area contributed by atoms with Crippen molar-refractivity contribution in [3.8, 4) is 0 Å². The molecular formula is C36H34F14N2O5+2. The predicted octanol–water partition coefficient (Wildman–Crippen LogP) is 8.72. The Morgan fingerprint density at radius 3 is 1.46 bits per heavy atom. The van der Waals surface area contributed by atoms with E-state index < -0.39 is 160 Å². The Morgan fingerprint density at radius 2 is 0.982 bits per heavy atom. The number of benzene rings is 3. The van der Waals surface area contributed by atoms with Crippen molar-refractivity contribution in [3.05, 3.63) is 104 Å². The molecule has 1 fully saturated rings. The molecule has 0 bridgehead atoms. The normalized spacial score (nSPS) is 15.0. The molecule has 1 aliphatic rings. The molecule has 0 radical (unpaired) electrons. The third-order valence-electron chi connectivity index (χ3n) is 9.77. The van der Waals surface area contributed by atoms with Crippen molar-refractivity contribution in [1.82, 2.24) is 0 Å². The summed E-state index contributed by atoms with van der Waals surface area (Å²) in [6, 6.07) is 0. The van der Waals surface area contributed by atoms with Crippen molar-refractivity contribution in [1.29, 1.82) is 0 Å². The van der Waals surface area contributed by atoms with Crippen LogP contribution in [-0.2, 0) is 38.6 Å². The second-order valence-corrected chi connectivity index (χ2v) is 13.8. The first kappa shape index (κ1) is 45.0. The summed E-state index contributed by atoms with van der Waals surface area (Å²) in [6.45, 7) is -4.26. The molecule has 1 saturated heterocycles. The zero-order valence-electron chi connectivity index (χ0n) is 30.1. The van der Waals surface area contributed by atoms with E-state index in [2.05, 4.69) is 4.74 Å². The molecular weight excluding hydrogens is 806 g/mol. The van der Waals surface area contributed by atoms with Gasteiger partial charge in [-0.15, -0.1) is 0 Å². The van der Waals surface area contributed by atoms with Crippen molar-refractivity contribution in [3.63, 3.8) is 0 Å². The summed E-state index contributed by atoms with van der Waals surface area (Å²) >= 11 is 0. The fourth-order valence-corrected chi connectivity index (χ4v) is 6.63. The van der Waals surface area contributed by atoms with E-state index in [1.807, 2.05) is 0 Å². The molecule has 1 unspecified atom stereocenters. The lowest BCUT2D eigenvalue weighted by atomic mass is 10.0. The van der Waals surface area contributed by atoms with Crippen LogP contribution in [0.1, 0.15) is 54.4 Å². The molecule has 21 heteroatoms. The average Bonchev–Trinajstić information content (AvgIpc) is 3.18. The number of halogens is 14. The van der Waals surface area contributed by atoms with Crippen molar-refractivity contribution in [2.75, 3.05) is 46.6 Å². The molecule has 0 saturated carbocycles. The number of ether oxygens (including phenoxy) is 3. The van der Waals surface area contributed by atoms with E-state index in [0.29, 0.717) is 32.9 Å². The lowest BCUT2D eigenvalue weighted by molar-refractivity contribution is -0.945. The summed E-state index contributed by atoms with van der Waals surface area (Å²) in [7, 11) is 0.933. The third-order valence-corrected chi connectivity index (χ3v) is 9.77. The minimum absolute atomic E-state index is 0.00813. The second-order valence-electron chi connectivity index (χ2n) is 13.8. The van der Waals surface area contributed by atoms with Crippen molar-refractivity contribution < 1.29 is 94.2 Å². The minimum atomic E-state index is -2.51. The smallest absolute Gasteiger partial charge is 0.428 e. The number of likely N-dealkylation sites (N-methyl/N-ethyl adjacent to an activating group) is 1. The zero-order valence-corrected chi connectivity index (χ0v) is 30.1. The van der Waals surface area contributed by atoms with Gasteiger partial charge in [0.25, 0.3) is 0 Å². The summed E-state index contributed by atoms with van der Waals surface area (Å²) in [5.74, 6) is -30.6. The van der Waals surface area contributed by atoms with Crippen LogP contribution in [0, 0.1) is 88.4 Å². The van der Waals surface area contributed by atoms with Gasteiger partial charge >= 0.3 is 12.1 Å². The SMILES string of the molecule is Cc1c(F)c(F)c(C[N+](C)(CCOC(=O)OCOC(=O)CCC[N+]2(Cc3c(F)c(F)c(F)c(F)c3F)CCCCC2)Cc2c(F)c(F)c(F)c(F)c2F)c(F)c1F. The van der Waals surface area contributed by atoms with Gasteiger partial charge in [0.15, 0.2) is 69.8 Å². The molecule has 0 aliphatic carbocycles. The Labute approximate surface area is 315 Å². The molecule has 7 nitrogen and oxygen atoms in total. The fourth-order valence-electron chi connectivity index (χ4n) is 6.63. The van der Waals surface area contributed by atoms with Crippen LogP contribution >= 0.6 is 0 Å². The number of nitrogens with zero attached hydrogens (tertiary/aromatic N) is 2. The number of piperidine rings is 1. The van der Waals surface area contributed by atoms with Crippen LogP contribution in [0.3, 0.4) is 0 Å². The van der Waals surface area contributed by atoms with Gasteiger partial charge < -0.3 is 23.2 Å². The number of hydrogen-bond donors (Lipinski definition) is 0. The number of quaternary nitrogens is 2. The summed E-state index contributed by atoms with van der Waals surface area (Å²) < 4.78 is 212. The Hall–Kier alpha value is -4.66. The van der Waals surface area contributed by atoms with E-state index in [1.54, 1.807) is 0 Å². The van der Waals surface area contributed by atoms with Crippen LogP contribution in [0.15, 0.2) is 0 Å². The lowest BCUT2D eigenvalue weighted by Crippen LogP contribution is -2.51. The summed E-state index contributed by atoms with van der Waals surface area (Å²) in [5, 5.41) is 0. The zero-order chi connectivity index (χ0) is 42.6. The molecule has 4 rings (SSSR count). The summed E-state index contributed by atoms with van der Waals surface area (Å²) in [6.07, 6.45) is -0.00959. The molecule has 1 heterocycles. The highest BCUT2D eigenvalue weighted by atomic mass is 19.2. The van der Waals surface area contributed by atoms with Crippen molar-refractivity contribution in [2.24, 2.45) is 0 Å². The van der Waals surface area contributed by atoms with E-state index in [4.69, 9.17) is 9.47 Å². The van der Waals surface area contributed by atoms with Crippen LogP contribution < -0.4 is 0 Å². The van der Waals surface area contributed by atoms with E-state index in [1.165, 1.54) is 0 Å². The molecule has 0 aromatic heterocycles. The van der Waals surface area contributed by atoms with Gasteiger partial charge in [-0.1, -0.05) is 0 Å². The first-order valence-corrected chi connectivity index (χ1v) is 17.1. The largest absolute Gasteiger partial charge is 0.511 e. The summed E-state index contributed by atoms with van der Waals surface area (Å²) in [5.41, 5.74) is -4.81. The van der Waals surface area contributed by atoms with Crippen LogP contribution in [0.2, 0.25) is 0 Å². The lowest BCUT2D eigenvalue weighted by Gasteiger charge is -2.42. The quantitative estimate of drug-likeness (QED) is 0.0383. The van der Waals surface area contributed by atoms with E-state index >= 15 is 0 Å². The topological polar surface area (TPSA) is 61.8 Å². The van der Waals surface area contributed by atoms with Gasteiger partial charge in [-0.3, -0.25) is 4.79 Å². The van der Waals surface area contributed by atoms with Crippen LogP contribution in [0.4, 0.5) is 66.3 Å². The second kappa shape index (κ2) is 18.3. The third kappa shape index (κ3) is 9.90. The maximum absolute atomic E-state index is 14.8. The first-order valence-electron chi connectivity index (χ1n) is 17.1. The molecule has 0 N–H and O–H groups in total. The Balaban J connectivity index is 1.36. The number of carbonyl (C=O) groups is 2. The van der Waals surface area contributed by atoms with Gasteiger partial charge in [0.2, 0.25) is 18.4 Å². The fraction of sp³-hybridized carbons (Fsp3) is 0.444. The van der Waals surface area contributed by atoms with Gasteiger partial charge in [-0.2, -0.15) is 0 Å². The van der Waals surface area contributed by atoms with Gasteiger partial charge in [0.1, 0.15) is 32.8 Å². The van der Waals surface area contributed by atoms with Crippen molar-refractivity contribution >= 4 is 12.1 Å².